The summed E-state index contributed by atoms with van der Waals surface area (Å²) >= 11 is 0. The molecule has 106 valence electrons. The first kappa shape index (κ1) is 15.7. The fourth-order valence-corrected chi connectivity index (χ4v) is 1.92. The number of amides is 1. The molecule has 1 rings (SSSR count). The Morgan fingerprint density at radius 3 is 2.47 bits per heavy atom. The third-order valence-electron chi connectivity index (χ3n) is 3.50. The highest BCUT2D eigenvalue weighted by atomic mass is 16.1. The zero-order valence-electron chi connectivity index (χ0n) is 12.3. The van der Waals surface area contributed by atoms with Crippen molar-refractivity contribution in [1.29, 1.82) is 0 Å². The summed E-state index contributed by atoms with van der Waals surface area (Å²) in [6.45, 7) is 5.90. The molecule has 1 atom stereocenters. The summed E-state index contributed by atoms with van der Waals surface area (Å²) in [5.41, 5.74) is 2.67. The zero-order valence-corrected chi connectivity index (χ0v) is 12.3. The Labute approximate surface area is 116 Å². The molecule has 0 saturated carbocycles. The number of nitrogens with one attached hydrogen (secondary N) is 2. The molecule has 0 aliphatic heterocycles. The first-order chi connectivity index (χ1) is 9.17. The Bertz CT molecular complexity index is 373. The summed E-state index contributed by atoms with van der Waals surface area (Å²) in [4.78, 5) is 11.4. The molecule has 1 amide bonds. The van der Waals surface area contributed by atoms with Crippen molar-refractivity contribution < 1.29 is 4.79 Å². The van der Waals surface area contributed by atoms with Crippen LogP contribution in [0.2, 0.25) is 0 Å². The van der Waals surface area contributed by atoms with Gasteiger partial charge in [0.1, 0.15) is 0 Å². The van der Waals surface area contributed by atoms with E-state index in [4.69, 9.17) is 0 Å². The van der Waals surface area contributed by atoms with Gasteiger partial charge in [0.15, 0.2) is 0 Å². The molecule has 0 saturated heterocycles. The van der Waals surface area contributed by atoms with Gasteiger partial charge in [0.2, 0.25) is 5.91 Å². The van der Waals surface area contributed by atoms with Crippen molar-refractivity contribution in [2.45, 2.75) is 39.0 Å². The molecule has 1 aromatic carbocycles. The Balaban J connectivity index is 2.32. The number of hydrogen-bond acceptors (Lipinski definition) is 2. The second kappa shape index (κ2) is 8.70. The van der Waals surface area contributed by atoms with E-state index in [0.717, 1.165) is 13.0 Å². The quantitative estimate of drug-likeness (QED) is 0.755. The van der Waals surface area contributed by atoms with E-state index in [1.54, 1.807) is 0 Å². The van der Waals surface area contributed by atoms with Crippen molar-refractivity contribution in [3.05, 3.63) is 35.4 Å². The second-order valence-electron chi connectivity index (χ2n) is 5.00. The van der Waals surface area contributed by atoms with Crippen LogP contribution >= 0.6 is 0 Å². The third kappa shape index (κ3) is 5.88. The first-order valence-electron chi connectivity index (χ1n) is 7.17. The minimum Gasteiger partial charge on any atom is -0.356 e. The maximum absolute atomic E-state index is 11.4. The highest BCUT2D eigenvalue weighted by Gasteiger charge is 2.03. The van der Waals surface area contributed by atoms with Gasteiger partial charge in [0.05, 0.1) is 0 Å². The van der Waals surface area contributed by atoms with Gasteiger partial charge in [-0.3, -0.25) is 4.79 Å². The molecule has 1 aromatic rings. The Kier molecular flexibility index (Phi) is 7.19. The van der Waals surface area contributed by atoms with Crippen LogP contribution in [0.3, 0.4) is 0 Å². The average Bonchev–Trinajstić information content (AvgIpc) is 2.45. The minimum absolute atomic E-state index is 0.116. The highest BCUT2D eigenvalue weighted by molar-refractivity contribution is 5.76. The number of rotatable bonds is 8. The number of carbonyl (C=O) groups excluding carboxylic acids is 1. The van der Waals surface area contributed by atoms with E-state index < -0.39 is 0 Å². The Morgan fingerprint density at radius 1 is 1.21 bits per heavy atom. The van der Waals surface area contributed by atoms with Crippen LogP contribution in [0.5, 0.6) is 0 Å². The molecule has 19 heavy (non-hydrogen) atoms. The van der Waals surface area contributed by atoms with E-state index in [1.807, 2.05) is 7.05 Å². The van der Waals surface area contributed by atoms with Crippen LogP contribution in [0.1, 0.15) is 43.7 Å². The molecule has 0 heterocycles. The fourth-order valence-electron chi connectivity index (χ4n) is 1.92. The minimum atomic E-state index is 0.116. The summed E-state index contributed by atoms with van der Waals surface area (Å²) < 4.78 is 0. The fraction of sp³-hybridized carbons (Fsp3) is 0.562. The summed E-state index contributed by atoms with van der Waals surface area (Å²) in [6, 6.07) is 8.74. The molecule has 0 aromatic heterocycles. The lowest BCUT2D eigenvalue weighted by Crippen LogP contribution is -2.28. The van der Waals surface area contributed by atoms with Crippen LogP contribution in [-0.4, -0.2) is 26.0 Å². The maximum Gasteiger partial charge on any atom is 0.221 e. The van der Waals surface area contributed by atoms with Gasteiger partial charge in [0.25, 0.3) is 0 Å². The van der Waals surface area contributed by atoms with E-state index in [-0.39, 0.29) is 5.91 Å². The monoisotopic (exact) mass is 262 g/mol. The lowest BCUT2D eigenvalue weighted by atomic mass is 9.97. The van der Waals surface area contributed by atoms with Crippen LogP contribution in [0.25, 0.3) is 0 Å². The molecule has 0 radical (unpaired) electrons. The van der Waals surface area contributed by atoms with Gasteiger partial charge in [-0.2, -0.15) is 0 Å². The van der Waals surface area contributed by atoms with Gasteiger partial charge in [-0.15, -0.1) is 0 Å². The predicted octanol–water partition coefficient (Wildman–Crippen LogP) is 2.47. The van der Waals surface area contributed by atoms with Gasteiger partial charge in [-0.1, -0.05) is 38.1 Å². The van der Waals surface area contributed by atoms with Crippen LogP contribution < -0.4 is 10.6 Å². The summed E-state index contributed by atoms with van der Waals surface area (Å²) in [5.74, 6) is 0.737. The standard InChI is InChI=1S/C16H26N2O/c1-4-13(2)15-7-5-14(6-8-15)9-12-18-16(19)10-11-17-3/h5-8,13,17H,4,9-12H2,1-3H3,(H,18,19). The third-order valence-corrected chi connectivity index (χ3v) is 3.50. The molecule has 0 aliphatic rings. The van der Waals surface area contributed by atoms with Crippen LogP contribution in [0.15, 0.2) is 24.3 Å². The first-order valence-corrected chi connectivity index (χ1v) is 7.17. The molecule has 2 N–H and O–H groups in total. The molecule has 3 heteroatoms. The van der Waals surface area contributed by atoms with E-state index >= 15 is 0 Å². The van der Waals surface area contributed by atoms with Gasteiger partial charge in [-0.05, 0) is 36.9 Å². The SMILES string of the molecule is CCC(C)c1ccc(CCNC(=O)CCNC)cc1. The maximum atomic E-state index is 11.4. The molecule has 0 aliphatic carbocycles. The second-order valence-corrected chi connectivity index (χ2v) is 5.00. The van der Waals surface area contributed by atoms with Crippen molar-refractivity contribution in [2.75, 3.05) is 20.1 Å². The number of benzene rings is 1. The summed E-state index contributed by atoms with van der Waals surface area (Å²) in [6.07, 6.45) is 2.61. The zero-order chi connectivity index (χ0) is 14.1. The van der Waals surface area contributed by atoms with E-state index in [1.165, 1.54) is 17.5 Å². The topological polar surface area (TPSA) is 41.1 Å². The highest BCUT2D eigenvalue weighted by Crippen LogP contribution is 2.18. The van der Waals surface area contributed by atoms with Gasteiger partial charge in [0, 0.05) is 19.5 Å². The molecule has 0 spiro atoms. The molecule has 0 bridgehead atoms. The Hall–Kier alpha value is -1.35. The molecule has 3 nitrogen and oxygen atoms in total. The van der Waals surface area contributed by atoms with Crippen molar-refractivity contribution in [2.24, 2.45) is 0 Å². The smallest absolute Gasteiger partial charge is 0.221 e. The van der Waals surface area contributed by atoms with Gasteiger partial charge in [-0.25, -0.2) is 0 Å². The molecule has 1 unspecified atom stereocenters. The van der Waals surface area contributed by atoms with Crippen molar-refractivity contribution in [1.82, 2.24) is 10.6 Å². The average molecular weight is 262 g/mol. The van der Waals surface area contributed by atoms with Crippen LogP contribution in [0, 0.1) is 0 Å². The largest absolute Gasteiger partial charge is 0.356 e. The van der Waals surface area contributed by atoms with E-state index in [2.05, 4.69) is 48.7 Å². The van der Waals surface area contributed by atoms with Crippen LogP contribution in [-0.2, 0) is 11.2 Å². The van der Waals surface area contributed by atoms with Gasteiger partial charge >= 0.3 is 0 Å². The lowest BCUT2D eigenvalue weighted by molar-refractivity contribution is -0.120. The van der Waals surface area contributed by atoms with Crippen LogP contribution in [0.4, 0.5) is 0 Å². The van der Waals surface area contributed by atoms with Crippen molar-refractivity contribution >= 4 is 5.91 Å². The normalized spacial score (nSPS) is 12.2. The predicted molar refractivity (Wildman–Crippen MR) is 80.4 cm³/mol. The molecular formula is C16H26N2O. The summed E-state index contributed by atoms with van der Waals surface area (Å²) in [5, 5.41) is 5.90. The molecular weight excluding hydrogens is 236 g/mol. The number of hydrogen-bond donors (Lipinski definition) is 2. The molecule has 0 fully saturated rings. The van der Waals surface area contributed by atoms with Crippen molar-refractivity contribution in [3.63, 3.8) is 0 Å². The summed E-state index contributed by atoms with van der Waals surface area (Å²) in [7, 11) is 1.85. The Morgan fingerprint density at radius 2 is 1.89 bits per heavy atom. The van der Waals surface area contributed by atoms with Gasteiger partial charge < -0.3 is 10.6 Å². The van der Waals surface area contributed by atoms with Crippen molar-refractivity contribution in [3.8, 4) is 0 Å². The van der Waals surface area contributed by atoms with E-state index in [0.29, 0.717) is 18.9 Å². The van der Waals surface area contributed by atoms with E-state index in [9.17, 15) is 4.79 Å². The lowest BCUT2D eigenvalue weighted by Gasteiger charge is -2.10. The number of carbonyl (C=O) groups is 1.